The number of carbonyl (C=O) groups excluding carboxylic acids is 1. The third-order valence-electron chi connectivity index (χ3n) is 5.89. The lowest BCUT2D eigenvalue weighted by Crippen LogP contribution is -2.32. The highest BCUT2D eigenvalue weighted by molar-refractivity contribution is 7.99. The Morgan fingerprint density at radius 3 is 2.63 bits per heavy atom. The number of thioether (sulfide) groups is 1. The van der Waals surface area contributed by atoms with Crippen molar-refractivity contribution in [3.63, 3.8) is 0 Å². The van der Waals surface area contributed by atoms with Crippen LogP contribution in [0, 0.1) is 5.92 Å². The Hall–Kier alpha value is -2.34. The molecule has 0 bridgehead atoms. The second-order valence-corrected chi connectivity index (χ2v) is 9.57. The van der Waals surface area contributed by atoms with Crippen molar-refractivity contribution in [3.05, 3.63) is 62.6 Å². The maximum absolute atomic E-state index is 13.2. The SMILES string of the molecule is CCc1ccc(C2C3=C(CCCC3=O)Nc3nc(SCCC(C)C)[nH]c(=O)c32)cc1. The third-order valence-corrected chi connectivity index (χ3v) is 6.80. The van der Waals surface area contributed by atoms with E-state index in [1.54, 1.807) is 11.8 Å². The van der Waals surface area contributed by atoms with Crippen LogP contribution in [-0.2, 0) is 11.2 Å². The van der Waals surface area contributed by atoms with E-state index in [9.17, 15) is 9.59 Å². The molecule has 5 nitrogen and oxygen atoms in total. The van der Waals surface area contributed by atoms with Crippen LogP contribution in [0.2, 0.25) is 0 Å². The molecular weight excluding hydrogens is 394 g/mol. The molecule has 30 heavy (non-hydrogen) atoms. The Balaban J connectivity index is 1.78. The first-order valence-corrected chi connectivity index (χ1v) is 11.9. The average Bonchev–Trinajstić information content (AvgIpc) is 2.72. The number of aromatic nitrogens is 2. The fourth-order valence-electron chi connectivity index (χ4n) is 4.18. The fourth-order valence-corrected chi connectivity index (χ4v) is 5.28. The van der Waals surface area contributed by atoms with Crippen LogP contribution in [-0.4, -0.2) is 21.5 Å². The summed E-state index contributed by atoms with van der Waals surface area (Å²) in [5, 5.41) is 3.98. The molecule has 4 rings (SSSR count). The summed E-state index contributed by atoms with van der Waals surface area (Å²) < 4.78 is 0. The van der Waals surface area contributed by atoms with Gasteiger partial charge in [-0.25, -0.2) is 4.98 Å². The standard InChI is InChI=1S/C24H29N3O2S/c1-4-15-8-10-16(11-9-15)19-20-17(6-5-7-18(20)28)25-22-21(19)23(29)27-24(26-22)30-13-12-14(2)3/h8-11,14,19H,4-7,12-13H2,1-3H3,(H2,25,26,27,29). The average molecular weight is 424 g/mol. The molecule has 0 saturated heterocycles. The van der Waals surface area contributed by atoms with Crippen molar-refractivity contribution in [2.45, 2.75) is 63.9 Å². The van der Waals surface area contributed by atoms with Crippen molar-refractivity contribution in [1.29, 1.82) is 0 Å². The smallest absolute Gasteiger partial charge is 0.257 e. The summed E-state index contributed by atoms with van der Waals surface area (Å²) in [5.41, 5.74) is 4.28. The van der Waals surface area contributed by atoms with E-state index in [4.69, 9.17) is 4.98 Å². The number of aromatic amines is 1. The summed E-state index contributed by atoms with van der Waals surface area (Å²) in [7, 11) is 0. The van der Waals surface area contributed by atoms with Crippen LogP contribution >= 0.6 is 11.8 Å². The highest BCUT2D eigenvalue weighted by Crippen LogP contribution is 2.43. The summed E-state index contributed by atoms with van der Waals surface area (Å²) in [6.07, 6.45) is 4.20. The summed E-state index contributed by atoms with van der Waals surface area (Å²) in [6, 6.07) is 8.27. The summed E-state index contributed by atoms with van der Waals surface area (Å²) in [4.78, 5) is 33.8. The van der Waals surface area contributed by atoms with Gasteiger partial charge in [-0.2, -0.15) is 0 Å². The first-order valence-electron chi connectivity index (χ1n) is 10.9. The second kappa shape index (κ2) is 8.80. The normalized spacial score (nSPS) is 18.3. The number of aryl methyl sites for hydroxylation is 1. The zero-order valence-corrected chi connectivity index (χ0v) is 18.7. The molecule has 0 amide bonds. The van der Waals surface area contributed by atoms with Crippen molar-refractivity contribution in [3.8, 4) is 0 Å². The van der Waals surface area contributed by atoms with Crippen molar-refractivity contribution >= 4 is 23.4 Å². The number of anilines is 1. The van der Waals surface area contributed by atoms with Gasteiger partial charge in [-0.15, -0.1) is 0 Å². The van der Waals surface area contributed by atoms with Crippen molar-refractivity contribution in [2.75, 3.05) is 11.1 Å². The molecule has 158 valence electrons. The maximum atomic E-state index is 13.2. The Labute approximate surface area is 181 Å². The molecule has 1 aliphatic carbocycles. The van der Waals surface area contributed by atoms with Gasteiger partial charge in [-0.3, -0.25) is 9.59 Å². The molecule has 1 atom stereocenters. The lowest BCUT2D eigenvalue weighted by atomic mass is 9.76. The van der Waals surface area contributed by atoms with Crippen LogP contribution < -0.4 is 10.9 Å². The third kappa shape index (κ3) is 4.10. The molecule has 0 fully saturated rings. The molecule has 0 spiro atoms. The number of rotatable bonds is 6. The van der Waals surface area contributed by atoms with Gasteiger partial charge in [0.15, 0.2) is 10.9 Å². The molecule has 1 aliphatic heterocycles. The molecule has 1 aromatic heterocycles. The molecule has 6 heteroatoms. The number of H-pyrrole nitrogens is 1. The first kappa shape index (κ1) is 20.9. The zero-order chi connectivity index (χ0) is 21.3. The van der Waals surface area contributed by atoms with Crippen LogP contribution in [0.4, 0.5) is 5.82 Å². The van der Waals surface area contributed by atoms with Crippen LogP contribution in [0.1, 0.15) is 69.1 Å². The summed E-state index contributed by atoms with van der Waals surface area (Å²) in [6.45, 7) is 6.49. The lowest BCUT2D eigenvalue weighted by molar-refractivity contribution is -0.116. The number of nitrogens with zero attached hydrogens (tertiary/aromatic N) is 1. The lowest BCUT2D eigenvalue weighted by Gasteiger charge is -2.32. The topological polar surface area (TPSA) is 74.8 Å². The molecule has 1 aromatic carbocycles. The van der Waals surface area contributed by atoms with E-state index in [-0.39, 0.29) is 17.3 Å². The van der Waals surface area contributed by atoms with Gasteiger partial charge < -0.3 is 10.3 Å². The minimum absolute atomic E-state index is 0.133. The number of fused-ring (bicyclic) bond motifs is 1. The minimum atomic E-state index is -0.360. The molecule has 2 aromatic rings. The number of hydrogen-bond donors (Lipinski definition) is 2. The van der Waals surface area contributed by atoms with Gasteiger partial charge in [-0.05, 0) is 42.7 Å². The number of hydrogen-bond acceptors (Lipinski definition) is 5. The van der Waals surface area contributed by atoms with Crippen molar-refractivity contribution in [1.82, 2.24) is 9.97 Å². The molecule has 2 aliphatic rings. The van der Waals surface area contributed by atoms with E-state index in [0.29, 0.717) is 28.9 Å². The van der Waals surface area contributed by atoms with Gasteiger partial charge in [0.25, 0.3) is 5.56 Å². The van der Waals surface area contributed by atoms with Crippen molar-refractivity contribution in [2.24, 2.45) is 5.92 Å². The predicted octanol–water partition coefficient (Wildman–Crippen LogP) is 5.04. The van der Waals surface area contributed by atoms with E-state index in [1.807, 2.05) is 0 Å². The monoisotopic (exact) mass is 423 g/mol. The first-order chi connectivity index (χ1) is 14.5. The highest BCUT2D eigenvalue weighted by atomic mass is 32.2. The molecule has 0 radical (unpaired) electrons. The maximum Gasteiger partial charge on any atom is 0.257 e. The van der Waals surface area contributed by atoms with Gasteiger partial charge in [0.1, 0.15) is 5.82 Å². The van der Waals surface area contributed by atoms with Crippen LogP contribution in [0.3, 0.4) is 0 Å². The predicted molar refractivity (Wildman–Crippen MR) is 122 cm³/mol. The van der Waals surface area contributed by atoms with Crippen molar-refractivity contribution < 1.29 is 4.79 Å². The Kier molecular flexibility index (Phi) is 6.14. The van der Waals surface area contributed by atoms with Gasteiger partial charge >= 0.3 is 0 Å². The van der Waals surface area contributed by atoms with Gasteiger partial charge in [-0.1, -0.05) is 56.8 Å². The second-order valence-electron chi connectivity index (χ2n) is 8.49. The number of nitrogens with one attached hydrogen (secondary N) is 2. The summed E-state index contributed by atoms with van der Waals surface area (Å²) >= 11 is 1.58. The molecule has 2 N–H and O–H groups in total. The number of benzene rings is 1. The van der Waals surface area contributed by atoms with Gasteiger partial charge in [0, 0.05) is 29.4 Å². The minimum Gasteiger partial charge on any atom is -0.343 e. The number of Topliss-reactive ketones (excluding diaryl/α,β-unsaturated/α-hetero) is 1. The zero-order valence-electron chi connectivity index (χ0n) is 17.9. The quantitative estimate of drug-likeness (QED) is 0.503. The van der Waals surface area contributed by atoms with E-state index in [2.05, 4.69) is 55.3 Å². The highest BCUT2D eigenvalue weighted by Gasteiger charge is 2.37. The van der Waals surface area contributed by atoms with E-state index >= 15 is 0 Å². The Bertz CT molecular complexity index is 1040. The largest absolute Gasteiger partial charge is 0.343 e. The molecule has 1 unspecified atom stereocenters. The molecule has 2 heterocycles. The fraction of sp³-hybridized carbons (Fsp3) is 0.458. The van der Waals surface area contributed by atoms with Gasteiger partial charge in [0.05, 0.1) is 5.56 Å². The van der Waals surface area contributed by atoms with Crippen LogP contribution in [0.5, 0.6) is 0 Å². The van der Waals surface area contributed by atoms with E-state index in [0.717, 1.165) is 48.3 Å². The van der Waals surface area contributed by atoms with E-state index < -0.39 is 0 Å². The Morgan fingerprint density at radius 2 is 1.93 bits per heavy atom. The number of ketones is 1. The Morgan fingerprint density at radius 1 is 1.17 bits per heavy atom. The number of carbonyl (C=O) groups is 1. The molecular formula is C24H29N3O2S. The van der Waals surface area contributed by atoms with Gasteiger partial charge in [0.2, 0.25) is 0 Å². The van der Waals surface area contributed by atoms with Crippen LogP contribution in [0.15, 0.2) is 45.5 Å². The summed E-state index contributed by atoms with van der Waals surface area (Å²) in [5.74, 6) is 1.89. The number of allylic oxidation sites excluding steroid dienone is 2. The van der Waals surface area contributed by atoms with E-state index in [1.165, 1.54) is 5.56 Å². The molecule has 0 saturated carbocycles. The van der Waals surface area contributed by atoms with Crippen LogP contribution in [0.25, 0.3) is 0 Å².